The Morgan fingerprint density at radius 1 is 0.971 bits per heavy atom. The average molecular weight is 481 g/mol. The van der Waals surface area contributed by atoms with Crippen molar-refractivity contribution in [3.05, 3.63) is 93.8 Å². The van der Waals surface area contributed by atoms with Crippen LogP contribution < -0.4 is 5.32 Å². The highest BCUT2D eigenvalue weighted by Crippen LogP contribution is 2.19. The van der Waals surface area contributed by atoms with E-state index in [4.69, 9.17) is 16.3 Å². The van der Waals surface area contributed by atoms with Crippen molar-refractivity contribution in [3.63, 3.8) is 0 Å². The van der Waals surface area contributed by atoms with E-state index in [-0.39, 0.29) is 22.3 Å². The van der Waals surface area contributed by atoms with Crippen LogP contribution in [0.5, 0.6) is 0 Å². The lowest BCUT2D eigenvalue weighted by molar-refractivity contribution is -0.145. The van der Waals surface area contributed by atoms with Crippen LogP contribution in [-0.4, -0.2) is 34.9 Å². The maximum absolute atomic E-state index is 12.9. The van der Waals surface area contributed by atoms with Gasteiger partial charge in [-0.2, -0.15) is 0 Å². The lowest BCUT2D eigenvalue weighted by Crippen LogP contribution is -2.45. The standard InChI is InChI=1S/C27H29ClN2O4/c1-17(2)25(29-26(32)21-12-8-9-13-23(21)28)27(33)34-16-24(31)22-14-18(3)30(19(22)4)15-20-10-6-5-7-11-20/h5-14,17,25H,15-16H2,1-4H3,(H,29,32)/t25-/m0/s1. The number of amides is 1. The molecule has 7 heteroatoms. The third-order valence-electron chi connectivity index (χ3n) is 5.73. The van der Waals surface area contributed by atoms with Crippen molar-refractivity contribution >= 4 is 29.3 Å². The van der Waals surface area contributed by atoms with Crippen LogP contribution in [0.3, 0.4) is 0 Å². The van der Waals surface area contributed by atoms with E-state index >= 15 is 0 Å². The molecule has 1 aromatic heterocycles. The molecule has 0 fully saturated rings. The number of halogens is 1. The molecule has 0 unspecified atom stereocenters. The first-order valence-electron chi connectivity index (χ1n) is 11.1. The van der Waals surface area contributed by atoms with Gasteiger partial charge in [0.1, 0.15) is 6.04 Å². The van der Waals surface area contributed by atoms with Gasteiger partial charge >= 0.3 is 5.97 Å². The predicted molar refractivity (Wildman–Crippen MR) is 132 cm³/mol. The third kappa shape index (κ3) is 5.94. The minimum absolute atomic E-state index is 0.245. The molecule has 1 N–H and O–H groups in total. The smallest absolute Gasteiger partial charge is 0.329 e. The van der Waals surface area contributed by atoms with Crippen molar-refractivity contribution in [2.45, 2.75) is 40.3 Å². The van der Waals surface area contributed by atoms with E-state index in [9.17, 15) is 14.4 Å². The molecule has 3 rings (SSSR count). The van der Waals surface area contributed by atoms with E-state index in [1.807, 2.05) is 50.2 Å². The summed E-state index contributed by atoms with van der Waals surface area (Å²) in [5.74, 6) is -1.68. The van der Waals surface area contributed by atoms with Crippen molar-refractivity contribution in [2.24, 2.45) is 5.92 Å². The second-order valence-corrected chi connectivity index (χ2v) is 8.97. The minimum atomic E-state index is -0.915. The number of carbonyl (C=O) groups excluding carboxylic acids is 3. The first-order chi connectivity index (χ1) is 16.2. The number of nitrogens with zero attached hydrogens (tertiary/aromatic N) is 1. The molecule has 1 amide bonds. The van der Waals surface area contributed by atoms with Gasteiger partial charge in [0.15, 0.2) is 6.61 Å². The summed E-state index contributed by atoms with van der Waals surface area (Å²) in [6.07, 6.45) is 0. The lowest BCUT2D eigenvalue weighted by Gasteiger charge is -2.21. The van der Waals surface area contributed by atoms with Crippen LogP contribution in [0.25, 0.3) is 0 Å². The van der Waals surface area contributed by atoms with Crippen LogP contribution in [0.4, 0.5) is 0 Å². The molecule has 178 valence electrons. The van der Waals surface area contributed by atoms with Crippen LogP contribution in [0, 0.1) is 19.8 Å². The molecule has 0 aliphatic heterocycles. The predicted octanol–water partition coefficient (Wildman–Crippen LogP) is 4.99. The van der Waals surface area contributed by atoms with E-state index in [1.54, 1.807) is 38.1 Å². The zero-order valence-corrected chi connectivity index (χ0v) is 20.6. The number of nitrogens with one attached hydrogen (secondary N) is 1. The quantitative estimate of drug-likeness (QED) is 0.346. The van der Waals surface area contributed by atoms with Crippen LogP contribution in [0.15, 0.2) is 60.7 Å². The number of esters is 1. The van der Waals surface area contributed by atoms with Gasteiger partial charge < -0.3 is 14.6 Å². The molecule has 0 bridgehead atoms. The van der Waals surface area contributed by atoms with Crippen molar-refractivity contribution in [1.82, 2.24) is 9.88 Å². The molecule has 0 saturated heterocycles. The Hall–Kier alpha value is -3.38. The van der Waals surface area contributed by atoms with E-state index in [1.165, 1.54) is 0 Å². The number of benzene rings is 2. The molecule has 3 aromatic rings. The first-order valence-corrected chi connectivity index (χ1v) is 11.5. The second kappa shape index (κ2) is 11.2. The number of hydrogen-bond acceptors (Lipinski definition) is 4. The number of carbonyl (C=O) groups is 3. The van der Waals surface area contributed by atoms with Gasteiger partial charge in [0.2, 0.25) is 5.78 Å². The second-order valence-electron chi connectivity index (χ2n) is 8.56. The minimum Gasteiger partial charge on any atom is -0.456 e. The Morgan fingerprint density at radius 2 is 1.62 bits per heavy atom. The molecule has 1 atom stereocenters. The Bertz CT molecular complexity index is 1180. The van der Waals surface area contributed by atoms with Crippen molar-refractivity contribution in [1.29, 1.82) is 0 Å². The summed E-state index contributed by atoms with van der Waals surface area (Å²) >= 11 is 6.09. The number of aryl methyl sites for hydroxylation is 1. The Labute approximate surface area is 204 Å². The first kappa shape index (κ1) is 25.2. The summed E-state index contributed by atoms with van der Waals surface area (Å²) in [6, 6.07) is 17.5. The van der Waals surface area contributed by atoms with Gasteiger partial charge in [-0.15, -0.1) is 0 Å². The van der Waals surface area contributed by atoms with E-state index in [2.05, 4.69) is 9.88 Å². The molecule has 0 radical (unpaired) electrons. The van der Waals surface area contributed by atoms with Crippen molar-refractivity contribution < 1.29 is 19.1 Å². The highest BCUT2D eigenvalue weighted by molar-refractivity contribution is 6.33. The largest absolute Gasteiger partial charge is 0.456 e. The van der Waals surface area contributed by atoms with E-state index in [0.29, 0.717) is 12.1 Å². The Morgan fingerprint density at radius 3 is 2.26 bits per heavy atom. The molecule has 0 spiro atoms. The number of ketones is 1. The molecule has 0 aliphatic carbocycles. The molecule has 0 saturated carbocycles. The van der Waals surface area contributed by atoms with Crippen LogP contribution in [-0.2, 0) is 16.1 Å². The topological polar surface area (TPSA) is 77.4 Å². The SMILES string of the molecule is Cc1cc(C(=O)COC(=O)[C@@H](NC(=O)c2ccccc2Cl)C(C)C)c(C)n1Cc1ccccc1. The fourth-order valence-corrected chi connectivity index (χ4v) is 3.98. The summed E-state index contributed by atoms with van der Waals surface area (Å²) in [6.45, 7) is 7.65. The fraction of sp³-hybridized carbons (Fsp3) is 0.296. The van der Waals surface area contributed by atoms with Gasteiger partial charge in [-0.05, 0) is 43.5 Å². The monoisotopic (exact) mass is 480 g/mol. The highest BCUT2D eigenvalue weighted by Gasteiger charge is 2.28. The Kier molecular flexibility index (Phi) is 8.29. The molecular formula is C27H29ClN2O4. The Balaban J connectivity index is 1.66. The zero-order chi connectivity index (χ0) is 24.8. The third-order valence-corrected chi connectivity index (χ3v) is 6.06. The average Bonchev–Trinajstić information content (AvgIpc) is 3.09. The van der Waals surface area contributed by atoms with Crippen LogP contribution in [0.2, 0.25) is 5.02 Å². The van der Waals surface area contributed by atoms with Crippen LogP contribution in [0.1, 0.15) is 51.5 Å². The number of ether oxygens (including phenoxy) is 1. The van der Waals surface area contributed by atoms with Gasteiger partial charge in [0.25, 0.3) is 5.91 Å². The number of rotatable bonds is 9. The molecule has 2 aromatic carbocycles. The number of aromatic nitrogens is 1. The maximum Gasteiger partial charge on any atom is 0.329 e. The highest BCUT2D eigenvalue weighted by atomic mass is 35.5. The number of Topliss-reactive ketones (excluding diaryl/α,β-unsaturated/α-hetero) is 1. The summed E-state index contributed by atoms with van der Waals surface area (Å²) in [7, 11) is 0. The summed E-state index contributed by atoms with van der Waals surface area (Å²) in [5, 5.41) is 2.96. The summed E-state index contributed by atoms with van der Waals surface area (Å²) < 4.78 is 7.39. The molecule has 1 heterocycles. The molecular weight excluding hydrogens is 452 g/mol. The summed E-state index contributed by atoms with van der Waals surface area (Å²) in [4.78, 5) is 38.2. The van der Waals surface area contributed by atoms with Gasteiger partial charge in [-0.25, -0.2) is 4.79 Å². The van der Waals surface area contributed by atoms with Crippen LogP contribution >= 0.6 is 11.6 Å². The normalized spacial score (nSPS) is 11.8. The van der Waals surface area contributed by atoms with Crippen molar-refractivity contribution in [3.8, 4) is 0 Å². The molecule has 6 nitrogen and oxygen atoms in total. The zero-order valence-electron chi connectivity index (χ0n) is 19.8. The van der Waals surface area contributed by atoms with Gasteiger partial charge in [0, 0.05) is 23.5 Å². The lowest BCUT2D eigenvalue weighted by atomic mass is 10.0. The summed E-state index contributed by atoms with van der Waals surface area (Å²) in [5.41, 5.74) is 3.67. The maximum atomic E-state index is 12.9. The molecule has 0 aliphatic rings. The fourth-order valence-electron chi connectivity index (χ4n) is 3.76. The van der Waals surface area contributed by atoms with Gasteiger partial charge in [-0.3, -0.25) is 9.59 Å². The van der Waals surface area contributed by atoms with E-state index < -0.39 is 24.5 Å². The number of hydrogen-bond donors (Lipinski definition) is 1. The van der Waals surface area contributed by atoms with E-state index in [0.717, 1.165) is 17.0 Å². The molecule has 34 heavy (non-hydrogen) atoms. The van der Waals surface area contributed by atoms with Gasteiger partial charge in [0.05, 0.1) is 10.6 Å². The van der Waals surface area contributed by atoms with Crippen molar-refractivity contribution in [2.75, 3.05) is 6.61 Å². The van der Waals surface area contributed by atoms with Gasteiger partial charge in [-0.1, -0.05) is 67.9 Å².